The van der Waals surface area contributed by atoms with Gasteiger partial charge in [0.15, 0.2) is 0 Å². The number of carbonyl (C=O) groups excluding carboxylic acids is 2. The lowest BCUT2D eigenvalue weighted by molar-refractivity contribution is -0.385. The lowest BCUT2D eigenvalue weighted by Crippen LogP contribution is -2.11. The standard InChI is InChI=1S/C18H27NO5.C11H24O.C7H4ClNO4/c1-2-3-4-5-6-7-8-9-10-15-23-18(20)24-17-13-11-16(12-14-17)19(21)22;1-2-3-4-5-6-7-8-9-10-11-12;8-7(10)13-6-3-1-5(2-4-6)9(11)12/h11-14H,2-10,15H2,1H3;12H,2-11H2,1H3;1-4H. The van der Waals surface area contributed by atoms with Crippen molar-refractivity contribution in [2.45, 2.75) is 129 Å². The molecule has 0 fully saturated rings. The fourth-order valence-electron chi connectivity index (χ4n) is 4.48. The summed E-state index contributed by atoms with van der Waals surface area (Å²) in [4.78, 5) is 41.4. The Bertz CT molecular complexity index is 1140. The van der Waals surface area contributed by atoms with Crippen molar-refractivity contribution in [2.24, 2.45) is 0 Å². The maximum Gasteiger partial charge on any atom is 0.513 e. The Morgan fingerprint density at radius 2 is 0.939 bits per heavy atom. The Morgan fingerprint density at radius 1 is 0.592 bits per heavy atom. The Balaban J connectivity index is 0.000000777. The second-order valence-electron chi connectivity index (χ2n) is 11.4. The molecule has 0 aliphatic rings. The summed E-state index contributed by atoms with van der Waals surface area (Å²) in [5, 5.41) is 29.3. The van der Waals surface area contributed by atoms with Crippen LogP contribution < -0.4 is 9.47 Å². The van der Waals surface area contributed by atoms with Crippen molar-refractivity contribution in [3.8, 4) is 11.5 Å². The van der Waals surface area contributed by atoms with Crippen molar-refractivity contribution < 1.29 is 38.8 Å². The van der Waals surface area contributed by atoms with Crippen LogP contribution in [0.15, 0.2) is 48.5 Å². The van der Waals surface area contributed by atoms with Gasteiger partial charge in [-0.15, -0.1) is 0 Å². The van der Waals surface area contributed by atoms with Crippen molar-refractivity contribution in [3.05, 3.63) is 68.8 Å². The van der Waals surface area contributed by atoms with E-state index in [0.29, 0.717) is 13.2 Å². The Morgan fingerprint density at radius 3 is 1.29 bits per heavy atom. The summed E-state index contributed by atoms with van der Waals surface area (Å²) < 4.78 is 14.4. The fraction of sp³-hybridized carbons (Fsp3) is 0.611. The van der Waals surface area contributed by atoms with E-state index in [9.17, 15) is 29.8 Å². The van der Waals surface area contributed by atoms with Gasteiger partial charge in [0.1, 0.15) is 11.5 Å². The third-order valence-corrected chi connectivity index (χ3v) is 7.30. The van der Waals surface area contributed by atoms with Gasteiger partial charge in [0, 0.05) is 42.5 Å². The van der Waals surface area contributed by atoms with Crippen molar-refractivity contribution >= 4 is 34.6 Å². The molecule has 0 aliphatic heterocycles. The van der Waals surface area contributed by atoms with Crippen LogP contribution in [0.1, 0.15) is 129 Å². The van der Waals surface area contributed by atoms with Gasteiger partial charge in [0.25, 0.3) is 11.4 Å². The van der Waals surface area contributed by atoms with Crippen LogP contribution >= 0.6 is 11.6 Å². The quantitative estimate of drug-likeness (QED) is 0.0292. The van der Waals surface area contributed by atoms with E-state index >= 15 is 0 Å². The van der Waals surface area contributed by atoms with Gasteiger partial charge in [0.05, 0.1) is 16.5 Å². The number of hydrogen-bond acceptors (Lipinski definition) is 10. The largest absolute Gasteiger partial charge is 0.513 e. The maximum absolute atomic E-state index is 11.5. The fourth-order valence-corrected chi connectivity index (χ4v) is 4.57. The molecule has 0 radical (unpaired) electrons. The molecule has 0 spiro atoms. The number of aliphatic hydroxyl groups is 1. The minimum atomic E-state index is -0.978. The van der Waals surface area contributed by atoms with Crippen LogP contribution in [0.5, 0.6) is 11.5 Å². The van der Waals surface area contributed by atoms with E-state index in [1.807, 2.05) is 0 Å². The summed E-state index contributed by atoms with van der Waals surface area (Å²) in [5.74, 6) is 0.406. The molecule has 2 aromatic rings. The highest BCUT2D eigenvalue weighted by atomic mass is 35.5. The van der Waals surface area contributed by atoms with Gasteiger partial charge in [-0.05, 0) is 37.1 Å². The normalized spacial score (nSPS) is 10.1. The van der Waals surface area contributed by atoms with E-state index in [-0.39, 0.29) is 22.9 Å². The number of hydrogen-bond donors (Lipinski definition) is 1. The Labute approximate surface area is 295 Å². The second kappa shape index (κ2) is 31.5. The van der Waals surface area contributed by atoms with Gasteiger partial charge in [0.2, 0.25) is 0 Å². The van der Waals surface area contributed by atoms with E-state index in [1.54, 1.807) is 0 Å². The first-order valence-corrected chi connectivity index (χ1v) is 17.8. The van der Waals surface area contributed by atoms with E-state index in [2.05, 4.69) is 18.6 Å². The first-order valence-electron chi connectivity index (χ1n) is 17.5. The monoisotopic (exact) mass is 710 g/mol. The number of aliphatic hydroxyl groups excluding tert-OH is 1. The third-order valence-electron chi connectivity index (χ3n) is 7.22. The molecule has 0 unspecified atom stereocenters. The number of ether oxygens (including phenoxy) is 3. The zero-order chi connectivity index (χ0) is 36.5. The third kappa shape index (κ3) is 27.8. The zero-order valence-corrected chi connectivity index (χ0v) is 29.9. The minimum Gasteiger partial charge on any atom is -0.434 e. The number of carbonyl (C=O) groups is 2. The molecule has 0 bridgehead atoms. The van der Waals surface area contributed by atoms with E-state index in [4.69, 9.17) is 26.2 Å². The maximum atomic E-state index is 11.5. The highest BCUT2D eigenvalue weighted by Gasteiger charge is 2.09. The SMILES string of the molecule is CCCCCCCCCCCO.CCCCCCCCCCCOC(=O)Oc1ccc([N+](=O)[O-])cc1.O=C(Cl)Oc1ccc([N+](=O)[O-])cc1. The summed E-state index contributed by atoms with van der Waals surface area (Å²) in [7, 11) is 0. The van der Waals surface area contributed by atoms with Gasteiger partial charge in [-0.1, -0.05) is 117 Å². The smallest absolute Gasteiger partial charge is 0.434 e. The van der Waals surface area contributed by atoms with Crippen LogP contribution in [0.3, 0.4) is 0 Å². The summed E-state index contributed by atoms with van der Waals surface area (Å²) in [6, 6.07) is 10.3. The molecular weight excluding hydrogens is 656 g/mol. The molecule has 0 heterocycles. The molecule has 0 atom stereocenters. The number of unbranched alkanes of at least 4 members (excludes halogenated alkanes) is 16. The van der Waals surface area contributed by atoms with Gasteiger partial charge in [-0.25, -0.2) is 9.59 Å². The summed E-state index contributed by atoms with van der Waals surface area (Å²) in [6.45, 7) is 5.17. The minimum absolute atomic E-state index is 0.0505. The molecule has 12 nitrogen and oxygen atoms in total. The number of non-ortho nitro benzene ring substituents is 2. The molecule has 0 amide bonds. The van der Waals surface area contributed by atoms with Crippen LogP contribution in [-0.2, 0) is 4.74 Å². The molecule has 0 saturated carbocycles. The molecule has 2 aromatic carbocycles. The highest BCUT2D eigenvalue weighted by Crippen LogP contribution is 2.19. The molecule has 0 saturated heterocycles. The predicted octanol–water partition coefficient (Wildman–Crippen LogP) is 11.5. The molecular formula is C36H55ClN2O10. The molecule has 0 aliphatic carbocycles. The lowest BCUT2D eigenvalue weighted by Gasteiger charge is -2.06. The van der Waals surface area contributed by atoms with Crippen molar-refractivity contribution in [1.29, 1.82) is 0 Å². The Kier molecular flexibility index (Phi) is 29.1. The topological polar surface area (TPSA) is 168 Å². The van der Waals surface area contributed by atoms with Gasteiger partial charge >= 0.3 is 11.6 Å². The molecule has 276 valence electrons. The number of halogens is 1. The van der Waals surface area contributed by atoms with E-state index < -0.39 is 21.4 Å². The second-order valence-corrected chi connectivity index (χ2v) is 11.7. The van der Waals surface area contributed by atoms with Crippen LogP contribution in [0.2, 0.25) is 0 Å². The molecule has 2 rings (SSSR count). The van der Waals surface area contributed by atoms with E-state index in [0.717, 1.165) is 25.7 Å². The number of benzene rings is 2. The van der Waals surface area contributed by atoms with Crippen LogP contribution in [0, 0.1) is 20.2 Å². The van der Waals surface area contributed by atoms with Gasteiger partial charge in [-0.2, -0.15) is 0 Å². The van der Waals surface area contributed by atoms with Crippen molar-refractivity contribution in [1.82, 2.24) is 0 Å². The number of nitro benzene ring substituents is 2. The zero-order valence-electron chi connectivity index (χ0n) is 29.2. The average Bonchev–Trinajstić information content (AvgIpc) is 3.07. The summed E-state index contributed by atoms with van der Waals surface area (Å²) in [6.07, 6.45) is 21.8. The van der Waals surface area contributed by atoms with Gasteiger partial charge in [-0.3, -0.25) is 20.2 Å². The first kappa shape index (κ1) is 45.2. The van der Waals surface area contributed by atoms with Crippen molar-refractivity contribution in [3.63, 3.8) is 0 Å². The lowest BCUT2D eigenvalue weighted by atomic mass is 10.1. The highest BCUT2D eigenvalue weighted by molar-refractivity contribution is 6.61. The molecule has 49 heavy (non-hydrogen) atoms. The van der Waals surface area contributed by atoms with Crippen molar-refractivity contribution in [2.75, 3.05) is 13.2 Å². The average molecular weight is 711 g/mol. The van der Waals surface area contributed by atoms with Gasteiger partial charge < -0.3 is 19.3 Å². The van der Waals surface area contributed by atoms with Crippen LogP contribution in [0.4, 0.5) is 21.0 Å². The number of nitro groups is 2. The summed E-state index contributed by atoms with van der Waals surface area (Å²) in [5.41, 5.74) is -1.10. The molecule has 1 N–H and O–H groups in total. The Hall–Kier alpha value is -3.77. The van der Waals surface area contributed by atoms with Crippen LogP contribution in [0.25, 0.3) is 0 Å². The predicted molar refractivity (Wildman–Crippen MR) is 192 cm³/mol. The van der Waals surface area contributed by atoms with Crippen LogP contribution in [-0.4, -0.2) is 39.8 Å². The number of rotatable bonds is 23. The number of nitrogens with zero attached hydrogens (tertiary/aromatic N) is 2. The van der Waals surface area contributed by atoms with E-state index in [1.165, 1.54) is 138 Å². The first-order chi connectivity index (χ1) is 23.6. The molecule has 13 heteroatoms. The summed E-state index contributed by atoms with van der Waals surface area (Å²) >= 11 is 4.92. The molecule has 0 aromatic heterocycles.